The second-order valence-electron chi connectivity index (χ2n) is 5.44. The summed E-state index contributed by atoms with van der Waals surface area (Å²) in [7, 11) is 0. The van der Waals surface area contributed by atoms with Crippen LogP contribution in [0.3, 0.4) is 0 Å². The molecule has 1 aromatic rings. The molecule has 2 aliphatic heterocycles. The van der Waals surface area contributed by atoms with Crippen molar-refractivity contribution in [2.45, 2.75) is 25.8 Å². The minimum Gasteiger partial charge on any atom is -0.352 e. The molecule has 0 bridgehead atoms. The van der Waals surface area contributed by atoms with Crippen LogP contribution in [-0.4, -0.2) is 58.9 Å². The second kappa shape index (κ2) is 5.67. The predicted octanol–water partition coefficient (Wildman–Crippen LogP) is -0.288. The maximum atomic E-state index is 12.3. The molecule has 0 aromatic carbocycles. The van der Waals surface area contributed by atoms with E-state index in [1.165, 1.54) is 0 Å². The predicted molar refractivity (Wildman–Crippen MR) is 76.7 cm³/mol. The van der Waals surface area contributed by atoms with E-state index in [2.05, 4.69) is 20.2 Å². The van der Waals surface area contributed by atoms with Crippen molar-refractivity contribution in [1.82, 2.24) is 20.2 Å². The van der Waals surface area contributed by atoms with E-state index in [1.807, 2.05) is 11.8 Å². The lowest BCUT2D eigenvalue weighted by Crippen LogP contribution is -2.53. The number of aromatic nitrogens is 2. The minimum absolute atomic E-state index is 0.0258. The molecule has 2 saturated heterocycles. The summed E-state index contributed by atoms with van der Waals surface area (Å²) in [5.74, 6) is 0.900. The Morgan fingerprint density at radius 1 is 1.24 bits per heavy atom. The van der Waals surface area contributed by atoms with Gasteiger partial charge in [-0.2, -0.15) is 0 Å². The van der Waals surface area contributed by atoms with Crippen LogP contribution in [0, 0.1) is 6.92 Å². The zero-order valence-corrected chi connectivity index (χ0v) is 12.1. The van der Waals surface area contributed by atoms with Gasteiger partial charge in [-0.3, -0.25) is 14.6 Å². The molecule has 7 heteroatoms. The van der Waals surface area contributed by atoms with E-state index in [4.69, 9.17) is 0 Å². The van der Waals surface area contributed by atoms with Crippen molar-refractivity contribution in [2.75, 3.05) is 31.1 Å². The Kier molecular flexibility index (Phi) is 3.72. The number of amides is 2. The Bertz CT molecular complexity index is 554. The highest BCUT2D eigenvalue weighted by Gasteiger charge is 2.32. The zero-order valence-electron chi connectivity index (χ0n) is 12.1. The number of carbonyl (C=O) groups excluding carboxylic acids is 2. The van der Waals surface area contributed by atoms with Crippen LogP contribution in [0.15, 0.2) is 12.4 Å². The van der Waals surface area contributed by atoms with E-state index in [9.17, 15) is 9.59 Å². The Hall–Kier alpha value is -2.18. The third kappa shape index (κ3) is 2.81. The first-order valence-corrected chi connectivity index (χ1v) is 7.26. The maximum Gasteiger partial charge on any atom is 0.245 e. The lowest BCUT2D eigenvalue weighted by molar-refractivity contribution is -0.134. The van der Waals surface area contributed by atoms with Gasteiger partial charge in [0.15, 0.2) is 0 Å². The van der Waals surface area contributed by atoms with Crippen molar-refractivity contribution in [2.24, 2.45) is 0 Å². The molecule has 3 rings (SSSR count). The number of nitrogens with zero attached hydrogens (tertiary/aromatic N) is 4. The number of carbonyl (C=O) groups is 2. The number of hydrogen-bond donors (Lipinski definition) is 1. The molecule has 1 atom stereocenters. The molecule has 0 spiro atoms. The van der Waals surface area contributed by atoms with Gasteiger partial charge in [-0.1, -0.05) is 0 Å². The van der Waals surface area contributed by atoms with Gasteiger partial charge in [0.1, 0.15) is 11.9 Å². The van der Waals surface area contributed by atoms with Crippen LogP contribution in [0.4, 0.5) is 5.82 Å². The van der Waals surface area contributed by atoms with Crippen LogP contribution < -0.4 is 10.2 Å². The average molecular weight is 289 g/mol. The minimum atomic E-state index is -0.331. The van der Waals surface area contributed by atoms with Gasteiger partial charge in [0.05, 0.1) is 5.69 Å². The summed E-state index contributed by atoms with van der Waals surface area (Å²) in [5, 5.41) is 2.74. The topological polar surface area (TPSA) is 78.4 Å². The molecule has 0 radical (unpaired) electrons. The smallest absolute Gasteiger partial charge is 0.245 e. The molecular formula is C14H19N5O2. The molecule has 2 aliphatic rings. The molecule has 7 nitrogen and oxygen atoms in total. The van der Waals surface area contributed by atoms with Crippen LogP contribution in [0.2, 0.25) is 0 Å². The molecule has 21 heavy (non-hydrogen) atoms. The van der Waals surface area contributed by atoms with Crippen LogP contribution in [0.1, 0.15) is 18.5 Å². The Morgan fingerprint density at radius 3 is 2.57 bits per heavy atom. The van der Waals surface area contributed by atoms with Gasteiger partial charge in [0.25, 0.3) is 0 Å². The largest absolute Gasteiger partial charge is 0.352 e. The van der Waals surface area contributed by atoms with Crippen molar-refractivity contribution < 1.29 is 9.59 Å². The summed E-state index contributed by atoms with van der Waals surface area (Å²) in [6.07, 6.45) is 4.44. The highest BCUT2D eigenvalue weighted by molar-refractivity contribution is 5.90. The van der Waals surface area contributed by atoms with Gasteiger partial charge in [0.2, 0.25) is 11.8 Å². The van der Waals surface area contributed by atoms with Crippen molar-refractivity contribution in [1.29, 1.82) is 0 Å². The first kappa shape index (κ1) is 13.8. The fourth-order valence-electron chi connectivity index (χ4n) is 2.87. The van der Waals surface area contributed by atoms with Crippen molar-refractivity contribution in [3.63, 3.8) is 0 Å². The standard InChI is InChI=1S/C14H19N5O2/c1-10-13(16-5-4-15-10)18-6-8-19(9-7-18)14(21)11-2-3-12(20)17-11/h4-5,11H,2-3,6-9H2,1H3,(H,17,20)/t11-/m1/s1. The van der Waals surface area contributed by atoms with Gasteiger partial charge in [-0.25, -0.2) is 4.98 Å². The van der Waals surface area contributed by atoms with E-state index in [-0.39, 0.29) is 17.9 Å². The van der Waals surface area contributed by atoms with Crippen LogP contribution in [-0.2, 0) is 9.59 Å². The third-order valence-corrected chi connectivity index (χ3v) is 4.04. The molecule has 1 aromatic heterocycles. The highest BCUT2D eigenvalue weighted by Crippen LogP contribution is 2.17. The van der Waals surface area contributed by atoms with Gasteiger partial charge in [-0.05, 0) is 13.3 Å². The van der Waals surface area contributed by atoms with Crippen molar-refractivity contribution in [3.05, 3.63) is 18.1 Å². The Balaban J connectivity index is 1.59. The number of nitrogens with one attached hydrogen (secondary N) is 1. The van der Waals surface area contributed by atoms with Crippen LogP contribution in [0.5, 0.6) is 0 Å². The third-order valence-electron chi connectivity index (χ3n) is 4.04. The molecule has 112 valence electrons. The summed E-state index contributed by atoms with van der Waals surface area (Å²) >= 11 is 0. The number of rotatable bonds is 2. The fraction of sp³-hybridized carbons (Fsp3) is 0.571. The molecule has 0 unspecified atom stereocenters. The summed E-state index contributed by atoms with van der Waals surface area (Å²) in [4.78, 5) is 36.1. The van der Waals surface area contributed by atoms with Crippen molar-refractivity contribution >= 4 is 17.6 Å². The molecule has 0 aliphatic carbocycles. The van der Waals surface area contributed by atoms with E-state index < -0.39 is 0 Å². The summed E-state index contributed by atoms with van der Waals surface area (Å²) < 4.78 is 0. The molecular weight excluding hydrogens is 270 g/mol. The number of hydrogen-bond acceptors (Lipinski definition) is 5. The first-order valence-electron chi connectivity index (χ1n) is 7.26. The average Bonchev–Trinajstić information content (AvgIpc) is 2.94. The molecule has 0 saturated carbocycles. The van der Waals surface area contributed by atoms with Gasteiger partial charge in [-0.15, -0.1) is 0 Å². The quantitative estimate of drug-likeness (QED) is 0.809. The summed E-state index contributed by atoms with van der Waals surface area (Å²) in [6, 6.07) is -0.331. The van der Waals surface area contributed by atoms with Crippen molar-refractivity contribution in [3.8, 4) is 0 Å². The summed E-state index contributed by atoms with van der Waals surface area (Å²) in [6.45, 7) is 4.73. The first-order chi connectivity index (χ1) is 10.1. The van der Waals surface area contributed by atoms with Crippen LogP contribution >= 0.6 is 0 Å². The van der Waals surface area contributed by atoms with E-state index in [0.717, 1.165) is 24.6 Å². The van der Waals surface area contributed by atoms with Gasteiger partial charge in [0, 0.05) is 45.0 Å². The fourth-order valence-corrected chi connectivity index (χ4v) is 2.87. The summed E-state index contributed by atoms with van der Waals surface area (Å²) in [5.41, 5.74) is 0.903. The molecule has 1 N–H and O–H groups in total. The zero-order chi connectivity index (χ0) is 14.8. The van der Waals surface area contributed by atoms with E-state index in [1.54, 1.807) is 12.4 Å². The Labute approximate surface area is 123 Å². The maximum absolute atomic E-state index is 12.3. The number of piperazine rings is 1. The van der Waals surface area contributed by atoms with Gasteiger partial charge >= 0.3 is 0 Å². The second-order valence-corrected chi connectivity index (χ2v) is 5.44. The lowest BCUT2D eigenvalue weighted by Gasteiger charge is -2.36. The van der Waals surface area contributed by atoms with E-state index in [0.29, 0.717) is 25.9 Å². The molecule has 3 heterocycles. The monoisotopic (exact) mass is 289 g/mol. The van der Waals surface area contributed by atoms with Crippen LogP contribution in [0.25, 0.3) is 0 Å². The molecule has 2 fully saturated rings. The Morgan fingerprint density at radius 2 is 1.95 bits per heavy atom. The highest BCUT2D eigenvalue weighted by atomic mass is 16.2. The number of anilines is 1. The SMILES string of the molecule is Cc1nccnc1N1CCN(C(=O)[C@H]2CCC(=O)N2)CC1. The number of aryl methyl sites for hydroxylation is 1. The van der Waals surface area contributed by atoms with E-state index >= 15 is 0 Å². The molecule has 2 amide bonds. The normalized spacial score (nSPS) is 22.3. The lowest BCUT2D eigenvalue weighted by atomic mass is 10.2. The van der Waals surface area contributed by atoms with Gasteiger partial charge < -0.3 is 15.1 Å².